The molecule has 1 heterocycles. The number of carbonyl (C=O) groups is 1. The van der Waals surface area contributed by atoms with Crippen LogP contribution < -0.4 is 0 Å². The van der Waals surface area contributed by atoms with Gasteiger partial charge in [0.2, 0.25) is 0 Å². The van der Waals surface area contributed by atoms with Gasteiger partial charge >= 0.3 is 6.09 Å². The fourth-order valence-corrected chi connectivity index (χ4v) is 2.22. The second kappa shape index (κ2) is 5.89. The molecular formula is C13H25NO4. The number of hydrogen-bond donors (Lipinski definition) is 2. The quantitative estimate of drug-likeness (QED) is 0.786. The first kappa shape index (κ1) is 15.2. The van der Waals surface area contributed by atoms with E-state index >= 15 is 0 Å². The van der Waals surface area contributed by atoms with Crippen molar-refractivity contribution in [2.45, 2.75) is 58.3 Å². The van der Waals surface area contributed by atoms with Gasteiger partial charge in [-0.3, -0.25) is 0 Å². The maximum Gasteiger partial charge on any atom is 0.410 e. The number of hydrogen-bond acceptors (Lipinski definition) is 4. The number of aliphatic hydroxyl groups excluding tert-OH is 2. The van der Waals surface area contributed by atoms with Crippen molar-refractivity contribution in [3.05, 3.63) is 0 Å². The van der Waals surface area contributed by atoms with Gasteiger partial charge in [-0.2, -0.15) is 0 Å². The van der Waals surface area contributed by atoms with E-state index in [0.717, 1.165) is 12.8 Å². The van der Waals surface area contributed by atoms with Crippen LogP contribution in [0.15, 0.2) is 0 Å². The molecule has 1 aliphatic heterocycles. The van der Waals surface area contributed by atoms with Crippen molar-refractivity contribution in [2.24, 2.45) is 5.92 Å². The minimum Gasteiger partial charge on any atom is -0.444 e. The highest BCUT2D eigenvalue weighted by Crippen LogP contribution is 2.23. The number of rotatable bonds is 2. The molecule has 0 spiro atoms. The summed E-state index contributed by atoms with van der Waals surface area (Å²) in [4.78, 5) is 13.4. The topological polar surface area (TPSA) is 70.0 Å². The van der Waals surface area contributed by atoms with Crippen LogP contribution >= 0.6 is 0 Å². The Morgan fingerprint density at radius 2 is 1.94 bits per heavy atom. The Bertz CT molecular complexity index is 287. The van der Waals surface area contributed by atoms with Gasteiger partial charge < -0.3 is 19.8 Å². The molecule has 1 amide bonds. The van der Waals surface area contributed by atoms with Gasteiger partial charge in [-0.25, -0.2) is 4.79 Å². The number of amides is 1. The summed E-state index contributed by atoms with van der Waals surface area (Å²) in [6.45, 7) is 8.03. The van der Waals surface area contributed by atoms with E-state index in [1.807, 2.05) is 27.7 Å². The van der Waals surface area contributed by atoms with E-state index < -0.39 is 23.9 Å². The minimum absolute atomic E-state index is 0.0775. The third-order valence-corrected chi connectivity index (χ3v) is 3.05. The summed E-state index contributed by atoms with van der Waals surface area (Å²) < 4.78 is 5.28. The predicted octanol–water partition coefficient (Wildman–Crippen LogP) is 1.38. The van der Waals surface area contributed by atoms with Crippen LogP contribution in [0.2, 0.25) is 0 Å². The summed E-state index contributed by atoms with van der Waals surface area (Å²) in [5, 5.41) is 19.7. The number of β-amino-alcohol motifs (C(OH)–C–C–N with tert-alkyl or cyclic N) is 1. The zero-order valence-corrected chi connectivity index (χ0v) is 11.7. The first-order chi connectivity index (χ1) is 8.24. The fraction of sp³-hybridized carbons (Fsp3) is 0.923. The van der Waals surface area contributed by atoms with Crippen molar-refractivity contribution in [1.29, 1.82) is 0 Å². The fourth-order valence-electron chi connectivity index (χ4n) is 2.22. The summed E-state index contributed by atoms with van der Waals surface area (Å²) in [5.41, 5.74) is -0.543. The zero-order valence-electron chi connectivity index (χ0n) is 11.7. The molecule has 18 heavy (non-hydrogen) atoms. The lowest BCUT2D eigenvalue weighted by atomic mass is 9.89. The average molecular weight is 259 g/mol. The highest BCUT2D eigenvalue weighted by Gasteiger charge is 2.37. The summed E-state index contributed by atoms with van der Waals surface area (Å²) in [6, 6.07) is 0. The normalized spacial score (nSPS) is 29.2. The zero-order chi connectivity index (χ0) is 13.9. The molecule has 1 aliphatic rings. The minimum atomic E-state index is -0.886. The lowest BCUT2D eigenvalue weighted by molar-refractivity contribution is -0.0783. The standard InChI is InChI=1S/C13H25NO4/c1-5-6-9-7-14(8-10(15)11(9)16)12(17)18-13(2,3)4/h9-11,15-16H,5-8H2,1-4H3/t9-,10+,11+/m1/s1. The molecule has 0 aliphatic carbocycles. The summed E-state index contributed by atoms with van der Waals surface area (Å²) in [7, 11) is 0. The van der Waals surface area contributed by atoms with Gasteiger partial charge in [0, 0.05) is 12.5 Å². The van der Waals surface area contributed by atoms with Gasteiger partial charge in [0.05, 0.1) is 18.8 Å². The first-order valence-electron chi connectivity index (χ1n) is 6.58. The van der Waals surface area contributed by atoms with Crippen LogP contribution in [0.1, 0.15) is 40.5 Å². The molecular weight excluding hydrogens is 234 g/mol. The van der Waals surface area contributed by atoms with Gasteiger partial charge in [-0.15, -0.1) is 0 Å². The summed E-state index contributed by atoms with van der Waals surface area (Å²) >= 11 is 0. The van der Waals surface area contributed by atoms with E-state index in [0.29, 0.717) is 6.54 Å². The number of ether oxygens (including phenoxy) is 1. The second-order valence-corrected chi connectivity index (χ2v) is 5.99. The number of carbonyl (C=O) groups excluding carboxylic acids is 1. The van der Waals surface area contributed by atoms with Crippen molar-refractivity contribution < 1.29 is 19.7 Å². The highest BCUT2D eigenvalue weighted by atomic mass is 16.6. The van der Waals surface area contributed by atoms with Crippen molar-refractivity contribution in [3.8, 4) is 0 Å². The van der Waals surface area contributed by atoms with E-state index in [4.69, 9.17) is 4.74 Å². The summed E-state index contributed by atoms with van der Waals surface area (Å²) in [5.74, 6) is -0.0775. The van der Waals surface area contributed by atoms with Crippen molar-refractivity contribution >= 4 is 6.09 Å². The Morgan fingerprint density at radius 1 is 1.33 bits per heavy atom. The van der Waals surface area contributed by atoms with Crippen LogP contribution in [0, 0.1) is 5.92 Å². The van der Waals surface area contributed by atoms with Gasteiger partial charge in [-0.05, 0) is 27.2 Å². The van der Waals surface area contributed by atoms with E-state index in [2.05, 4.69) is 0 Å². The molecule has 0 bridgehead atoms. The molecule has 2 N–H and O–H groups in total. The van der Waals surface area contributed by atoms with E-state index in [9.17, 15) is 15.0 Å². The van der Waals surface area contributed by atoms with Crippen molar-refractivity contribution in [2.75, 3.05) is 13.1 Å². The molecule has 0 aromatic rings. The maximum atomic E-state index is 11.9. The van der Waals surface area contributed by atoms with Gasteiger partial charge in [0.1, 0.15) is 5.60 Å². The molecule has 106 valence electrons. The first-order valence-corrected chi connectivity index (χ1v) is 6.58. The highest BCUT2D eigenvalue weighted by molar-refractivity contribution is 5.68. The smallest absolute Gasteiger partial charge is 0.410 e. The predicted molar refractivity (Wildman–Crippen MR) is 68.2 cm³/mol. The number of piperidine rings is 1. The van der Waals surface area contributed by atoms with Crippen LogP contribution in [0.3, 0.4) is 0 Å². The van der Waals surface area contributed by atoms with Crippen LogP contribution in [-0.4, -0.2) is 52.1 Å². The number of nitrogens with zero attached hydrogens (tertiary/aromatic N) is 1. The molecule has 0 aromatic heterocycles. The van der Waals surface area contributed by atoms with Crippen molar-refractivity contribution in [1.82, 2.24) is 4.90 Å². The Morgan fingerprint density at radius 3 is 2.44 bits per heavy atom. The molecule has 1 fully saturated rings. The molecule has 0 unspecified atom stereocenters. The van der Waals surface area contributed by atoms with Crippen LogP contribution in [0.5, 0.6) is 0 Å². The van der Waals surface area contributed by atoms with Crippen molar-refractivity contribution in [3.63, 3.8) is 0 Å². The molecule has 0 aromatic carbocycles. The molecule has 5 nitrogen and oxygen atoms in total. The average Bonchev–Trinajstić information content (AvgIpc) is 2.22. The number of aliphatic hydroxyl groups is 2. The largest absolute Gasteiger partial charge is 0.444 e. The molecule has 1 saturated heterocycles. The van der Waals surface area contributed by atoms with Gasteiger partial charge in [0.15, 0.2) is 0 Å². The van der Waals surface area contributed by atoms with Crippen LogP contribution in [0.25, 0.3) is 0 Å². The third kappa shape index (κ3) is 4.14. The molecule has 0 saturated carbocycles. The van der Waals surface area contributed by atoms with E-state index in [1.54, 1.807) is 0 Å². The lowest BCUT2D eigenvalue weighted by Crippen LogP contribution is -2.55. The molecule has 1 rings (SSSR count). The third-order valence-electron chi connectivity index (χ3n) is 3.05. The van der Waals surface area contributed by atoms with E-state index in [1.165, 1.54) is 4.90 Å². The SMILES string of the molecule is CCC[C@@H]1CN(C(=O)OC(C)(C)C)C[C@H](O)[C@H]1O. The van der Waals surface area contributed by atoms with Gasteiger partial charge in [-0.1, -0.05) is 13.3 Å². The van der Waals surface area contributed by atoms with Crippen LogP contribution in [0.4, 0.5) is 4.79 Å². The Kier molecular flexibility index (Phi) is 4.99. The van der Waals surface area contributed by atoms with Gasteiger partial charge in [0.25, 0.3) is 0 Å². The Balaban J connectivity index is 2.64. The lowest BCUT2D eigenvalue weighted by Gasteiger charge is -2.39. The van der Waals surface area contributed by atoms with Crippen LogP contribution in [-0.2, 0) is 4.74 Å². The number of likely N-dealkylation sites (tertiary alicyclic amines) is 1. The molecule has 3 atom stereocenters. The monoisotopic (exact) mass is 259 g/mol. The molecule has 5 heteroatoms. The van der Waals surface area contributed by atoms with E-state index in [-0.39, 0.29) is 12.5 Å². The maximum absolute atomic E-state index is 11.9. The second-order valence-electron chi connectivity index (χ2n) is 5.99. The Hall–Kier alpha value is -0.810. The Labute approximate surface area is 109 Å². The summed E-state index contributed by atoms with van der Waals surface area (Å²) in [6.07, 6.45) is -0.352. The molecule has 0 radical (unpaired) electrons.